The van der Waals surface area contributed by atoms with E-state index in [9.17, 15) is 9.59 Å². The van der Waals surface area contributed by atoms with Crippen molar-refractivity contribution in [2.45, 2.75) is 45.8 Å². The van der Waals surface area contributed by atoms with Gasteiger partial charge in [-0.2, -0.15) is 0 Å². The number of nitrogens with zero attached hydrogens (tertiary/aromatic N) is 1. The minimum atomic E-state index is -0.613. The van der Waals surface area contributed by atoms with E-state index in [-0.39, 0.29) is 24.9 Å². The van der Waals surface area contributed by atoms with Crippen molar-refractivity contribution in [3.63, 3.8) is 0 Å². The van der Waals surface area contributed by atoms with Crippen LogP contribution in [0.25, 0.3) is 0 Å². The largest absolute Gasteiger partial charge is 0.444 e. The molecule has 0 fully saturated rings. The number of carbonyl (C=O) groups is 2. The van der Waals surface area contributed by atoms with Crippen LogP contribution in [0.15, 0.2) is 30.3 Å². The third-order valence-corrected chi connectivity index (χ3v) is 3.05. The highest BCUT2D eigenvalue weighted by atomic mass is 16.6. The van der Waals surface area contributed by atoms with Crippen LogP contribution in [0.2, 0.25) is 0 Å². The summed E-state index contributed by atoms with van der Waals surface area (Å²) in [5, 5.41) is 0. The van der Waals surface area contributed by atoms with Crippen LogP contribution < -0.4 is 5.73 Å². The Hall–Kier alpha value is -1.88. The van der Waals surface area contributed by atoms with Crippen molar-refractivity contribution >= 4 is 11.9 Å². The number of hydrogen-bond acceptors (Lipinski definition) is 4. The molecule has 1 rings (SSSR count). The summed E-state index contributed by atoms with van der Waals surface area (Å²) < 4.78 is 5.40. The smallest absolute Gasteiger partial charge is 0.410 e. The van der Waals surface area contributed by atoms with E-state index in [1.807, 2.05) is 30.3 Å². The molecule has 5 nitrogen and oxygen atoms in total. The Morgan fingerprint density at radius 2 is 1.82 bits per heavy atom. The van der Waals surface area contributed by atoms with Gasteiger partial charge in [-0.05, 0) is 39.7 Å². The van der Waals surface area contributed by atoms with Gasteiger partial charge in [-0.25, -0.2) is 4.79 Å². The van der Waals surface area contributed by atoms with Gasteiger partial charge >= 0.3 is 6.09 Å². The lowest BCUT2D eigenvalue weighted by Gasteiger charge is -2.32. The molecule has 122 valence electrons. The van der Waals surface area contributed by atoms with Gasteiger partial charge in [0.1, 0.15) is 11.4 Å². The first-order chi connectivity index (χ1) is 10.2. The van der Waals surface area contributed by atoms with E-state index in [1.165, 1.54) is 11.8 Å². The lowest BCUT2D eigenvalue weighted by molar-refractivity contribution is -0.118. The van der Waals surface area contributed by atoms with Crippen molar-refractivity contribution < 1.29 is 14.3 Å². The number of ether oxygens (including phenoxy) is 1. The fourth-order valence-corrected chi connectivity index (χ4v) is 2.11. The molecular formula is C17H26N2O3. The number of carbonyl (C=O) groups excluding carboxylic acids is 2. The van der Waals surface area contributed by atoms with Crippen LogP contribution >= 0.6 is 0 Å². The van der Waals surface area contributed by atoms with Crippen molar-refractivity contribution in [2.75, 3.05) is 13.1 Å². The quantitative estimate of drug-likeness (QED) is 0.876. The summed E-state index contributed by atoms with van der Waals surface area (Å²) in [5.41, 5.74) is 6.29. The maximum atomic E-state index is 12.4. The van der Waals surface area contributed by atoms with Crippen LogP contribution in [-0.4, -0.2) is 41.5 Å². The summed E-state index contributed by atoms with van der Waals surface area (Å²) in [6, 6.07) is 9.48. The molecule has 0 radical (unpaired) electrons. The van der Waals surface area contributed by atoms with Crippen LogP contribution in [0.3, 0.4) is 0 Å². The van der Waals surface area contributed by atoms with Crippen LogP contribution in [0.5, 0.6) is 0 Å². The second-order valence-corrected chi connectivity index (χ2v) is 6.39. The number of ketones is 1. The Balaban J connectivity index is 2.91. The molecule has 0 aliphatic rings. The highest BCUT2D eigenvalue weighted by molar-refractivity contribution is 5.82. The summed E-state index contributed by atoms with van der Waals surface area (Å²) in [7, 11) is 0. The zero-order valence-electron chi connectivity index (χ0n) is 13.8. The Morgan fingerprint density at radius 1 is 1.23 bits per heavy atom. The zero-order chi connectivity index (χ0) is 16.8. The summed E-state index contributed by atoms with van der Waals surface area (Å²) in [4.78, 5) is 25.3. The number of amides is 1. The van der Waals surface area contributed by atoms with Crippen molar-refractivity contribution in [3.8, 4) is 0 Å². The SMILES string of the molecule is CC(=O)CN(C(=O)OC(C)(C)C)C(CN)Cc1ccccc1. The van der Waals surface area contributed by atoms with Crippen LogP contribution in [-0.2, 0) is 16.0 Å². The lowest BCUT2D eigenvalue weighted by atomic mass is 10.0. The Morgan fingerprint density at radius 3 is 2.27 bits per heavy atom. The van der Waals surface area contributed by atoms with Gasteiger partial charge in [0.15, 0.2) is 0 Å². The molecule has 0 bridgehead atoms. The molecule has 0 aliphatic heterocycles. The summed E-state index contributed by atoms with van der Waals surface area (Å²) in [6.45, 7) is 7.11. The van der Waals surface area contributed by atoms with E-state index >= 15 is 0 Å². The van der Waals surface area contributed by atoms with Crippen molar-refractivity contribution in [2.24, 2.45) is 5.73 Å². The predicted molar refractivity (Wildman–Crippen MR) is 86.6 cm³/mol. The summed E-state index contributed by atoms with van der Waals surface area (Å²) in [5.74, 6) is -0.0997. The van der Waals surface area contributed by atoms with Gasteiger partial charge in [-0.15, -0.1) is 0 Å². The van der Waals surface area contributed by atoms with Gasteiger partial charge in [0.2, 0.25) is 0 Å². The van der Waals surface area contributed by atoms with Gasteiger partial charge in [-0.3, -0.25) is 9.69 Å². The first kappa shape index (κ1) is 18.2. The Kier molecular flexibility index (Phi) is 6.56. The molecule has 1 aromatic rings. The van der Waals surface area contributed by atoms with Gasteiger partial charge in [0.25, 0.3) is 0 Å². The lowest BCUT2D eigenvalue weighted by Crippen LogP contribution is -2.49. The zero-order valence-corrected chi connectivity index (χ0v) is 13.8. The average Bonchev–Trinajstić information content (AvgIpc) is 2.41. The number of Topliss-reactive ketones (excluding diaryl/α,β-unsaturated/α-hetero) is 1. The molecule has 0 saturated heterocycles. The van der Waals surface area contributed by atoms with Crippen molar-refractivity contribution in [3.05, 3.63) is 35.9 Å². The fourth-order valence-electron chi connectivity index (χ4n) is 2.11. The third-order valence-electron chi connectivity index (χ3n) is 3.05. The first-order valence-corrected chi connectivity index (χ1v) is 7.46. The molecule has 22 heavy (non-hydrogen) atoms. The maximum Gasteiger partial charge on any atom is 0.410 e. The Labute approximate surface area is 132 Å². The molecule has 0 aromatic heterocycles. The molecule has 1 unspecified atom stereocenters. The predicted octanol–water partition coefficient (Wildman–Crippen LogP) is 2.38. The number of benzene rings is 1. The molecule has 0 heterocycles. The van der Waals surface area contributed by atoms with E-state index in [2.05, 4.69) is 0 Å². The normalized spacial score (nSPS) is 12.6. The average molecular weight is 306 g/mol. The van der Waals surface area contributed by atoms with Gasteiger partial charge in [-0.1, -0.05) is 30.3 Å². The molecule has 0 aliphatic carbocycles. The topological polar surface area (TPSA) is 72.6 Å². The van der Waals surface area contributed by atoms with Gasteiger partial charge < -0.3 is 10.5 Å². The van der Waals surface area contributed by atoms with Gasteiger partial charge in [0.05, 0.1) is 12.6 Å². The summed E-state index contributed by atoms with van der Waals surface area (Å²) in [6.07, 6.45) is 0.0817. The molecule has 0 spiro atoms. The molecular weight excluding hydrogens is 280 g/mol. The second kappa shape index (κ2) is 7.94. The highest BCUT2D eigenvalue weighted by Gasteiger charge is 2.28. The number of hydrogen-bond donors (Lipinski definition) is 1. The van der Waals surface area contributed by atoms with E-state index in [1.54, 1.807) is 20.8 Å². The van der Waals surface area contributed by atoms with Crippen LogP contribution in [0.1, 0.15) is 33.3 Å². The van der Waals surface area contributed by atoms with E-state index in [0.29, 0.717) is 6.42 Å². The minimum Gasteiger partial charge on any atom is -0.444 e. The molecule has 0 saturated carbocycles. The van der Waals surface area contributed by atoms with Gasteiger partial charge in [0, 0.05) is 6.54 Å². The third kappa shape index (κ3) is 6.26. The summed E-state index contributed by atoms with van der Waals surface area (Å²) >= 11 is 0. The number of nitrogens with two attached hydrogens (primary N) is 1. The fraction of sp³-hybridized carbons (Fsp3) is 0.529. The number of rotatable bonds is 6. The Bertz CT molecular complexity index is 494. The second-order valence-electron chi connectivity index (χ2n) is 6.39. The highest BCUT2D eigenvalue weighted by Crippen LogP contribution is 2.14. The van der Waals surface area contributed by atoms with Crippen molar-refractivity contribution in [1.29, 1.82) is 0 Å². The van der Waals surface area contributed by atoms with E-state index < -0.39 is 11.7 Å². The van der Waals surface area contributed by atoms with Crippen molar-refractivity contribution in [1.82, 2.24) is 4.90 Å². The molecule has 5 heteroatoms. The molecule has 1 aromatic carbocycles. The minimum absolute atomic E-state index is 0.00358. The standard InChI is InChI=1S/C17H26N2O3/c1-13(20)12-19(16(21)22-17(2,3)4)15(11-18)10-14-8-6-5-7-9-14/h5-9,15H,10-12,18H2,1-4H3. The molecule has 2 N–H and O–H groups in total. The van der Waals surface area contributed by atoms with Crippen LogP contribution in [0.4, 0.5) is 4.79 Å². The first-order valence-electron chi connectivity index (χ1n) is 7.46. The molecule has 1 amide bonds. The van der Waals surface area contributed by atoms with Crippen LogP contribution in [0, 0.1) is 0 Å². The maximum absolute atomic E-state index is 12.4. The van der Waals surface area contributed by atoms with E-state index in [4.69, 9.17) is 10.5 Å². The monoisotopic (exact) mass is 306 g/mol. The van der Waals surface area contributed by atoms with E-state index in [0.717, 1.165) is 5.56 Å². The molecule has 1 atom stereocenters.